The van der Waals surface area contributed by atoms with Crippen LogP contribution in [0.5, 0.6) is 0 Å². The molecule has 0 saturated carbocycles. The maximum Gasteiger partial charge on any atom is 0.154 e. The zero-order valence-electron chi connectivity index (χ0n) is 6.77. The number of rotatable bonds is 3. The van der Waals surface area contributed by atoms with Crippen molar-refractivity contribution < 1.29 is 8.78 Å². The molecule has 11 heavy (non-hydrogen) atoms. The second-order valence-corrected chi connectivity index (χ2v) is 2.03. The van der Waals surface area contributed by atoms with Crippen LogP contribution in [0.3, 0.4) is 0 Å². The van der Waals surface area contributed by atoms with Gasteiger partial charge < -0.3 is 0 Å². The van der Waals surface area contributed by atoms with E-state index in [2.05, 4.69) is 0 Å². The van der Waals surface area contributed by atoms with Crippen LogP contribution in [0.2, 0.25) is 0 Å². The average molecular weight is 158 g/mol. The average Bonchev–Trinajstić information content (AvgIpc) is 2.05. The van der Waals surface area contributed by atoms with E-state index in [9.17, 15) is 8.78 Å². The Kier molecular flexibility index (Phi) is 5.35. The molecule has 0 aliphatic rings. The Morgan fingerprint density at radius 3 is 2.45 bits per heavy atom. The minimum absolute atomic E-state index is 0.0150. The number of hydrogen-bond acceptors (Lipinski definition) is 0. The molecule has 62 valence electrons. The summed E-state index contributed by atoms with van der Waals surface area (Å²) in [6.45, 7) is 3.60. The van der Waals surface area contributed by atoms with Crippen molar-refractivity contribution in [1.29, 1.82) is 0 Å². The lowest BCUT2D eigenvalue weighted by atomic mass is 10.2. The molecule has 0 aromatic rings. The zero-order chi connectivity index (χ0) is 8.69. The van der Waals surface area contributed by atoms with Crippen molar-refractivity contribution in [2.24, 2.45) is 0 Å². The van der Waals surface area contributed by atoms with Gasteiger partial charge in [-0.25, -0.2) is 8.78 Å². The first-order valence-electron chi connectivity index (χ1n) is 3.54. The summed E-state index contributed by atoms with van der Waals surface area (Å²) >= 11 is 0. The Bertz CT molecular complexity index is 188. The third-order valence-corrected chi connectivity index (χ3v) is 1.27. The van der Waals surface area contributed by atoms with Crippen LogP contribution in [-0.2, 0) is 0 Å². The van der Waals surface area contributed by atoms with Crippen LogP contribution in [0.25, 0.3) is 0 Å². The van der Waals surface area contributed by atoms with Gasteiger partial charge >= 0.3 is 0 Å². The van der Waals surface area contributed by atoms with Crippen molar-refractivity contribution in [3.05, 3.63) is 36.0 Å². The van der Waals surface area contributed by atoms with E-state index in [1.807, 2.05) is 6.92 Å². The number of halogens is 2. The minimum Gasteiger partial charge on any atom is -0.212 e. The normalized spacial score (nSPS) is 14.5. The van der Waals surface area contributed by atoms with Gasteiger partial charge in [0.2, 0.25) is 0 Å². The highest BCUT2D eigenvalue weighted by Gasteiger charge is 1.98. The van der Waals surface area contributed by atoms with Gasteiger partial charge in [0.1, 0.15) is 6.33 Å². The van der Waals surface area contributed by atoms with Crippen LogP contribution in [0.1, 0.15) is 20.3 Å². The third kappa shape index (κ3) is 3.71. The van der Waals surface area contributed by atoms with Gasteiger partial charge in [-0.15, -0.1) is 0 Å². The molecule has 0 radical (unpaired) electrons. The molecule has 0 aliphatic heterocycles. The van der Waals surface area contributed by atoms with E-state index in [0.717, 1.165) is 0 Å². The van der Waals surface area contributed by atoms with Crippen LogP contribution in [0, 0.1) is 0 Å². The fourth-order valence-electron chi connectivity index (χ4n) is 0.649. The Hall–Kier alpha value is -0.920. The van der Waals surface area contributed by atoms with Crippen molar-refractivity contribution >= 4 is 0 Å². The number of hydrogen-bond donors (Lipinski definition) is 0. The van der Waals surface area contributed by atoms with E-state index in [0.29, 0.717) is 12.0 Å². The van der Waals surface area contributed by atoms with E-state index in [-0.39, 0.29) is 6.33 Å². The molecule has 0 N–H and O–H groups in total. The van der Waals surface area contributed by atoms with Crippen LogP contribution in [0.15, 0.2) is 36.0 Å². The van der Waals surface area contributed by atoms with Gasteiger partial charge in [0.15, 0.2) is 5.83 Å². The molecular formula is C9H12F2. The van der Waals surface area contributed by atoms with Crippen LogP contribution in [0.4, 0.5) is 8.78 Å². The highest BCUT2D eigenvalue weighted by molar-refractivity contribution is 5.27. The first kappa shape index (κ1) is 10.1. The summed E-state index contributed by atoms with van der Waals surface area (Å²) in [5, 5.41) is 0. The quantitative estimate of drug-likeness (QED) is 0.549. The van der Waals surface area contributed by atoms with Crippen molar-refractivity contribution in [2.75, 3.05) is 0 Å². The second kappa shape index (κ2) is 5.83. The highest BCUT2D eigenvalue weighted by atomic mass is 19.2. The molecule has 0 bridgehead atoms. The van der Waals surface area contributed by atoms with Gasteiger partial charge in [0, 0.05) is 0 Å². The molecule has 0 atom stereocenters. The predicted octanol–water partition coefficient (Wildman–Crippen LogP) is 3.68. The molecule has 0 spiro atoms. The van der Waals surface area contributed by atoms with Crippen molar-refractivity contribution in [3.63, 3.8) is 0 Å². The predicted molar refractivity (Wildman–Crippen MR) is 43.5 cm³/mol. The SMILES string of the molecule is C\C=C/C=C(CC)\C(F)=C\F. The smallest absolute Gasteiger partial charge is 0.154 e. The number of allylic oxidation sites excluding steroid dienone is 5. The molecule has 0 unspecified atom stereocenters. The van der Waals surface area contributed by atoms with E-state index in [1.165, 1.54) is 0 Å². The maximum absolute atomic E-state index is 12.5. The summed E-state index contributed by atoms with van der Waals surface area (Å²) in [4.78, 5) is 0. The van der Waals surface area contributed by atoms with Gasteiger partial charge in [-0.2, -0.15) is 0 Å². The minimum atomic E-state index is -0.786. The van der Waals surface area contributed by atoms with Crippen molar-refractivity contribution in [1.82, 2.24) is 0 Å². The molecule has 0 rings (SSSR count). The summed E-state index contributed by atoms with van der Waals surface area (Å²) in [6.07, 6.45) is 5.49. The van der Waals surface area contributed by atoms with E-state index < -0.39 is 5.83 Å². The van der Waals surface area contributed by atoms with Gasteiger partial charge in [0.05, 0.1) is 0 Å². The molecule has 0 amide bonds. The fourth-order valence-corrected chi connectivity index (χ4v) is 0.649. The molecular weight excluding hydrogens is 146 g/mol. The third-order valence-electron chi connectivity index (χ3n) is 1.27. The zero-order valence-corrected chi connectivity index (χ0v) is 6.77. The topological polar surface area (TPSA) is 0 Å². The lowest BCUT2D eigenvalue weighted by Gasteiger charge is -1.95. The Labute approximate surface area is 65.9 Å². The Balaban J connectivity index is 4.39. The van der Waals surface area contributed by atoms with E-state index >= 15 is 0 Å². The van der Waals surface area contributed by atoms with Gasteiger partial charge in [-0.1, -0.05) is 25.2 Å². The Morgan fingerprint density at radius 1 is 1.45 bits per heavy atom. The Morgan fingerprint density at radius 2 is 2.09 bits per heavy atom. The standard InChI is InChI=1S/C9H12F2/c1-3-5-6-8(4-2)9(11)7-10/h3,5-7H,4H2,1-2H3/b5-3-,8-6-,9-7-. The van der Waals surface area contributed by atoms with E-state index in [4.69, 9.17) is 0 Å². The van der Waals surface area contributed by atoms with Gasteiger partial charge in [-0.05, 0) is 18.9 Å². The summed E-state index contributed by atoms with van der Waals surface area (Å²) in [5.41, 5.74) is 0.380. The van der Waals surface area contributed by atoms with Crippen LogP contribution < -0.4 is 0 Å². The molecule has 0 heterocycles. The van der Waals surface area contributed by atoms with Gasteiger partial charge in [0.25, 0.3) is 0 Å². The van der Waals surface area contributed by atoms with Crippen LogP contribution in [-0.4, -0.2) is 0 Å². The summed E-state index contributed by atoms with van der Waals surface area (Å²) in [5.74, 6) is -0.786. The first-order chi connectivity index (χ1) is 5.26. The first-order valence-corrected chi connectivity index (χ1v) is 3.54. The summed E-state index contributed by atoms with van der Waals surface area (Å²) < 4.78 is 24.2. The van der Waals surface area contributed by atoms with E-state index in [1.54, 1.807) is 25.2 Å². The monoisotopic (exact) mass is 158 g/mol. The molecule has 2 heteroatoms. The molecule has 0 fully saturated rings. The maximum atomic E-state index is 12.5. The molecule has 0 nitrogen and oxygen atoms in total. The summed E-state index contributed by atoms with van der Waals surface area (Å²) in [6, 6.07) is 0. The van der Waals surface area contributed by atoms with Crippen molar-refractivity contribution in [3.8, 4) is 0 Å². The van der Waals surface area contributed by atoms with Crippen molar-refractivity contribution in [2.45, 2.75) is 20.3 Å². The molecule has 0 saturated heterocycles. The molecule has 0 aromatic heterocycles. The fraction of sp³-hybridized carbons (Fsp3) is 0.333. The van der Waals surface area contributed by atoms with Gasteiger partial charge in [-0.3, -0.25) is 0 Å². The largest absolute Gasteiger partial charge is 0.212 e. The molecule has 0 aromatic carbocycles. The molecule has 0 aliphatic carbocycles. The second-order valence-electron chi connectivity index (χ2n) is 2.03. The van der Waals surface area contributed by atoms with Crippen LogP contribution >= 0.6 is 0 Å². The summed E-state index contributed by atoms with van der Waals surface area (Å²) in [7, 11) is 0. The highest BCUT2D eigenvalue weighted by Crippen LogP contribution is 2.15. The lowest BCUT2D eigenvalue weighted by molar-refractivity contribution is 0.589. The lowest BCUT2D eigenvalue weighted by Crippen LogP contribution is -1.79.